The van der Waals surface area contributed by atoms with Crippen LogP contribution in [0.5, 0.6) is 0 Å². The maximum Gasteiger partial charge on any atom is 0.318 e. The van der Waals surface area contributed by atoms with Crippen molar-refractivity contribution in [1.29, 1.82) is 0 Å². The number of anilines is 1. The molecular weight excluding hydrogens is 400 g/mol. The molecule has 0 unspecified atom stereocenters. The predicted octanol–water partition coefficient (Wildman–Crippen LogP) is 2.93. The molecule has 160 valence electrons. The highest BCUT2D eigenvalue weighted by atomic mass is 32.1. The maximum atomic E-state index is 12.6. The molecule has 8 nitrogen and oxygen atoms in total. The van der Waals surface area contributed by atoms with Crippen molar-refractivity contribution in [1.82, 2.24) is 25.1 Å². The third kappa shape index (κ3) is 4.46. The quantitative estimate of drug-likeness (QED) is 0.764. The summed E-state index contributed by atoms with van der Waals surface area (Å²) in [5.41, 5.74) is 1.88. The Kier molecular flexibility index (Phi) is 5.75. The molecule has 2 fully saturated rings. The van der Waals surface area contributed by atoms with E-state index in [1.165, 1.54) is 18.3 Å². The van der Waals surface area contributed by atoms with Gasteiger partial charge in [0.25, 0.3) is 0 Å². The number of likely N-dealkylation sites (tertiary alicyclic amines) is 1. The average Bonchev–Trinajstić information content (AvgIpc) is 3.28. The fourth-order valence-corrected chi connectivity index (χ4v) is 5.16. The standard InChI is InChI=1S/C21H28N6O2S/c1-14-4-5-17(10-22-14)12-27-13-21(25-20(27)29)6-8-26(9-7-21)15(2)18-11-23-19(30-18)24-16(3)28/h4-5,10-11,15H,6-9,12-13H2,1-3H3,(H,25,29)(H,23,24,28)/t15-/m0/s1. The highest BCUT2D eigenvalue weighted by Crippen LogP contribution is 2.34. The van der Waals surface area contributed by atoms with E-state index < -0.39 is 0 Å². The van der Waals surface area contributed by atoms with Crippen LogP contribution in [-0.2, 0) is 11.3 Å². The fourth-order valence-electron chi connectivity index (χ4n) is 4.21. The van der Waals surface area contributed by atoms with Gasteiger partial charge in [-0.15, -0.1) is 11.3 Å². The van der Waals surface area contributed by atoms with E-state index in [0.717, 1.165) is 48.6 Å². The molecule has 30 heavy (non-hydrogen) atoms. The normalized spacial score (nSPS) is 19.7. The maximum absolute atomic E-state index is 12.6. The number of carbonyl (C=O) groups excluding carboxylic acids is 2. The van der Waals surface area contributed by atoms with Crippen molar-refractivity contribution in [2.75, 3.05) is 25.0 Å². The summed E-state index contributed by atoms with van der Waals surface area (Å²) in [6.45, 7) is 8.77. The smallest absolute Gasteiger partial charge is 0.318 e. The van der Waals surface area contributed by atoms with E-state index in [2.05, 4.69) is 32.4 Å². The first-order chi connectivity index (χ1) is 14.3. The van der Waals surface area contributed by atoms with Gasteiger partial charge in [-0.3, -0.25) is 14.7 Å². The number of carbonyl (C=O) groups is 2. The highest BCUT2D eigenvalue weighted by Gasteiger charge is 2.44. The summed E-state index contributed by atoms with van der Waals surface area (Å²) in [6, 6.07) is 4.26. The molecule has 2 saturated heterocycles. The summed E-state index contributed by atoms with van der Waals surface area (Å²) in [5.74, 6) is -0.105. The molecule has 3 amide bonds. The number of pyridine rings is 1. The first-order valence-electron chi connectivity index (χ1n) is 10.3. The van der Waals surface area contributed by atoms with Crippen molar-refractivity contribution in [2.24, 2.45) is 0 Å². The van der Waals surface area contributed by atoms with Gasteiger partial charge in [0.05, 0.1) is 5.54 Å². The number of hydrogen-bond donors (Lipinski definition) is 2. The summed E-state index contributed by atoms with van der Waals surface area (Å²) in [5, 5.41) is 6.65. The predicted molar refractivity (Wildman–Crippen MR) is 116 cm³/mol. The molecule has 2 aliphatic heterocycles. The van der Waals surface area contributed by atoms with Gasteiger partial charge in [-0.25, -0.2) is 9.78 Å². The minimum atomic E-state index is -0.152. The van der Waals surface area contributed by atoms with Gasteiger partial charge in [-0.05, 0) is 38.3 Å². The van der Waals surface area contributed by atoms with Crippen molar-refractivity contribution < 1.29 is 9.59 Å². The lowest BCUT2D eigenvalue weighted by Gasteiger charge is -2.41. The molecule has 2 aromatic rings. The summed E-state index contributed by atoms with van der Waals surface area (Å²) >= 11 is 1.52. The average molecular weight is 429 g/mol. The van der Waals surface area contributed by atoms with E-state index in [-0.39, 0.29) is 23.5 Å². The van der Waals surface area contributed by atoms with Crippen molar-refractivity contribution in [3.8, 4) is 0 Å². The third-order valence-electron chi connectivity index (χ3n) is 6.02. The summed E-state index contributed by atoms with van der Waals surface area (Å²) in [4.78, 5) is 37.9. The van der Waals surface area contributed by atoms with Gasteiger partial charge >= 0.3 is 6.03 Å². The molecule has 4 rings (SSSR count). The Hall–Kier alpha value is -2.52. The molecule has 9 heteroatoms. The van der Waals surface area contributed by atoms with Crippen molar-refractivity contribution in [3.05, 3.63) is 40.7 Å². The van der Waals surface area contributed by atoms with Gasteiger partial charge in [0.1, 0.15) is 0 Å². The topological polar surface area (TPSA) is 90.5 Å². The van der Waals surface area contributed by atoms with E-state index in [1.54, 1.807) is 0 Å². The fraction of sp³-hybridized carbons (Fsp3) is 0.524. The zero-order valence-corrected chi connectivity index (χ0v) is 18.5. The summed E-state index contributed by atoms with van der Waals surface area (Å²) in [6.07, 6.45) is 5.54. The Labute approximate surface area is 180 Å². The van der Waals surface area contributed by atoms with Crippen LogP contribution >= 0.6 is 11.3 Å². The Morgan fingerprint density at radius 2 is 2.07 bits per heavy atom. The number of nitrogens with one attached hydrogen (secondary N) is 2. The number of nitrogens with zero attached hydrogens (tertiary/aromatic N) is 4. The van der Waals surface area contributed by atoms with E-state index >= 15 is 0 Å². The van der Waals surface area contributed by atoms with Gasteiger partial charge in [-0.1, -0.05) is 6.07 Å². The first-order valence-corrected chi connectivity index (χ1v) is 11.1. The number of hydrogen-bond acceptors (Lipinski definition) is 6. The number of piperidine rings is 1. The largest absolute Gasteiger partial charge is 0.331 e. The Balaban J connectivity index is 1.34. The molecular formula is C21H28N6O2S. The van der Waals surface area contributed by atoms with Crippen molar-refractivity contribution in [2.45, 2.75) is 51.7 Å². The highest BCUT2D eigenvalue weighted by molar-refractivity contribution is 7.15. The lowest BCUT2D eigenvalue weighted by molar-refractivity contribution is -0.114. The van der Waals surface area contributed by atoms with Crippen LogP contribution in [0.3, 0.4) is 0 Å². The molecule has 2 aliphatic rings. The summed E-state index contributed by atoms with van der Waals surface area (Å²) < 4.78 is 0. The van der Waals surface area contributed by atoms with Crippen LogP contribution in [0, 0.1) is 6.92 Å². The number of rotatable bonds is 5. The number of urea groups is 1. The second-order valence-corrected chi connectivity index (χ2v) is 9.40. The molecule has 0 aliphatic carbocycles. The van der Waals surface area contributed by atoms with Crippen LogP contribution in [0.15, 0.2) is 24.5 Å². The van der Waals surface area contributed by atoms with Gasteiger partial charge < -0.3 is 15.5 Å². The van der Waals surface area contributed by atoms with Crippen LogP contribution in [0.1, 0.15) is 48.9 Å². The molecule has 1 atom stereocenters. The van der Waals surface area contributed by atoms with Crippen LogP contribution in [-0.4, -0.2) is 56.9 Å². The second-order valence-electron chi connectivity index (χ2n) is 8.34. The summed E-state index contributed by atoms with van der Waals surface area (Å²) in [7, 11) is 0. The number of thiazole rings is 1. The Morgan fingerprint density at radius 1 is 1.30 bits per heavy atom. The third-order valence-corrected chi connectivity index (χ3v) is 7.10. The molecule has 0 radical (unpaired) electrons. The number of aromatic nitrogens is 2. The molecule has 0 bridgehead atoms. The lowest BCUT2D eigenvalue weighted by atomic mass is 9.87. The SMILES string of the molecule is CC(=O)Nc1ncc([C@H](C)N2CCC3(CC2)CN(Cc2ccc(C)nc2)C(=O)N3)s1. The van der Waals surface area contributed by atoms with Crippen LogP contribution in [0.4, 0.5) is 9.93 Å². The molecule has 0 aromatic carbocycles. The molecule has 2 aromatic heterocycles. The first kappa shape index (κ1) is 20.7. The van der Waals surface area contributed by atoms with Crippen molar-refractivity contribution >= 4 is 28.4 Å². The zero-order chi connectivity index (χ0) is 21.3. The van der Waals surface area contributed by atoms with Gasteiger partial charge in [-0.2, -0.15) is 0 Å². The molecule has 4 heterocycles. The number of amides is 3. The lowest BCUT2D eigenvalue weighted by Crippen LogP contribution is -2.52. The van der Waals surface area contributed by atoms with Crippen LogP contribution in [0.25, 0.3) is 0 Å². The Morgan fingerprint density at radius 3 is 2.73 bits per heavy atom. The zero-order valence-electron chi connectivity index (χ0n) is 17.6. The molecule has 0 saturated carbocycles. The Bertz CT molecular complexity index is 920. The number of aryl methyl sites for hydroxylation is 1. The minimum Gasteiger partial charge on any atom is -0.331 e. The van der Waals surface area contributed by atoms with Crippen LogP contribution in [0.2, 0.25) is 0 Å². The molecule has 1 spiro atoms. The van der Waals surface area contributed by atoms with Gasteiger partial charge in [0.2, 0.25) is 5.91 Å². The van der Waals surface area contributed by atoms with Crippen LogP contribution < -0.4 is 10.6 Å². The molecule has 2 N–H and O–H groups in total. The second kappa shape index (κ2) is 8.31. The minimum absolute atomic E-state index is 0.0134. The van der Waals surface area contributed by atoms with E-state index in [9.17, 15) is 9.59 Å². The monoisotopic (exact) mass is 428 g/mol. The van der Waals surface area contributed by atoms with E-state index in [1.807, 2.05) is 36.4 Å². The van der Waals surface area contributed by atoms with Gasteiger partial charge in [0, 0.05) is 62.1 Å². The van der Waals surface area contributed by atoms with E-state index in [4.69, 9.17) is 0 Å². The van der Waals surface area contributed by atoms with E-state index in [0.29, 0.717) is 11.7 Å². The van der Waals surface area contributed by atoms with Gasteiger partial charge in [0.15, 0.2) is 5.13 Å². The van der Waals surface area contributed by atoms with Crippen molar-refractivity contribution in [3.63, 3.8) is 0 Å².